The number of ether oxygens (including phenoxy) is 1. The van der Waals surface area contributed by atoms with Crippen molar-refractivity contribution < 1.29 is 13.5 Å². The first-order chi connectivity index (χ1) is 4.67. The summed E-state index contributed by atoms with van der Waals surface area (Å²) in [5.41, 5.74) is 0. The first-order valence-electron chi connectivity index (χ1n) is 3.37. The van der Waals surface area contributed by atoms with Crippen LogP contribution in [0.15, 0.2) is 0 Å². The maximum atomic E-state index is 12.6. The number of hydrogen-bond donors (Lipinski definition) is 1. The van der Waals surface area contributed by atoms with Gasteiger partial charge in [0.1, 0.15) is 6.10 Å². The largest absolute Gasteiger partial charge is 0.371 e. The van der Waals surface area contributed by atoms with Crippen molar-refractivity contribution in [3.63, 3.8) is 0 Å². The normalized spacial score (nSPS) is 30.9. The molecule has 0 unspecified atom stereocenters. The lowest BCUT2D eigenvalue weighted by atomic mass is 10.2. The smallest absolute Gasteiger partial charge is 0.287 e. The first-order valence-corrected chi connectivity index (χ1v) is 3.37. The Hall–Kier alpha value is -0.220. The average molecular weight is 151 g/mol. The van der Waals surface area contributed by atoms with Crippen molar-refractivity contribution in [2.24, 2.45) is 0 Å². The fourth-order valence-electron chi connectivity index (χ4n) is 1.02. The van der Waals surface area contributed by atoms with Crippen LogP contribution >= 0.6 is 0 Å². The van der Waals surface area contributed by atoms with Crippen LogP contribution in [-0.4, -0.2) is 31.7 Å². The minimum Gasteiger partial charge on any atom is -0.371 e. The number of halogens is 2. The molecule has 0 spiro atoms. The molecule has 1 saturated heterocycles. The van der Waals surface area contributed by atoms with Crippen molar-refractivity contribution in [3.05, 3.63) is 0 Å². The van der Waals surface area contributed by atoms with Gasteiger partial charge >= 0.3 is 0 Å². The summed E-state index contributed by atoms with van der Waals surface area (Å²) < 4.78 is 30.0. The molecule has 0 aromatic carbocycles. The molecule has 1 heterocycles. The Morgan fingerprint density at radius 3 is 2.80 bits per heavy atom. The standard InChI is InChI=1S/C6H11F2NO/c1-2-10-5-3-9-4-6(5,7)8/h5,9H,2-4H2,1H3/t5-/m0/s1. The van der Waals surface area contributed by atoms with Crippen molar-refractivity contribution in [1.29, 1.82) is 0 Å². The highest BCUT2D eigenvalue weighted by Crippen LogP contribution is 2.24. The number of alkyl halides is 2. The van der Waals surface area contributed by atoms with E-state index in [2.05, 4.69) is 5.32 Å². The number of nitrogens with one attached hydrogen (secondary N) is 1. The highest BCUT2D eigenvalue weighted by molar-refractivity contribution is 4.88. The third-order valence-electron chi connectivity index (χ3n) is 1.53. The molecule has 2 nitrogen and oxygen atoms in total. The zero-order chi connectivity index (χ0) is 7.61. The van der Waals surface area contributed by atoms with E-state index >= 15 is 0 Å². The topological polar surface area (TPSA) is 21.3 Å². The van der Waals surface area contributed by atoms with Gasteiger partial charge in [-0.3, -0.25) is 0 Å². The number of hydrogen-bond acceptors (Lipinski definition) is 2. The molecule has 0 aromatic rings. The van der Waals surface area contributed by atoms with E-state index in [9.17, 15) is 8.78 Å². The molecule has 10 heavy (non-hydrogen) atoms. The zero-order valence-electron chi connectivity index (χ0n) is 5.86. The van der Waals surface area contributed by atoms with E-state index in [-0.39, 0.29) is 13.1 Å². The van der Waals surface area contributed by atoms with Crippen LogP contribution in [0.3, 0.4) is 0 Å². The molecule has 0 saturated carbocycles. The molecule has 0 aliphatic carbocycles. The summed E-state index contributed by atoms with van der Waals surface area (Å²) in [5.74, 6) is -2.67. The molecule has 1 aliphatic rings. The highest BCUT2D eigenvalue weighted by atomic mass is 19.3. The molecule has 0 aromatic heterocycles. The second-order valence-corrected chi connectivity index (χ2v) is 2.34. The van der Waals surface area contributed by atoms with E-state index in [1.807, 2.05) is 0 Å². The lowest BCUT2D eigenvalue weighted by Crippen LogP contribution is -2.33. The summed E-state index contributed by atoms with van der Waals surface area (Å²) in [6, 6.07) is 0. The highest BCUT2D eigenvalue weighted by Gasteiger charge is 2.44. The van der Waals surface area contributed by atoms with Crippen LogP contribution < -0.4 is 5.32 Å². The number of rotatable bonds is 2. The van der Waals surface area contributed by atoms with E-state index in [1.54, 1.807) is 6.92 Å². The van der Waals surface area contributed by atoms with Crippen LogP contribution in [0.5, 0.6) is 0 Å². The fourth-order valence-corrected chi connectivity index (χ4v) is 1.02. The Balaban J connectivity index is 2.43. The summed E-state index contributed by atoms with van der Waals surface area (Å²) in [7, 11) is 0. The van der Waals surface area contributed by atoms with Crippen LogP contribution in [0.4, 0.5) is 8.78 Å². The average Bonchev–Trinajstić information content (AvgIpc) is 2.13. The van der Waals surface area contributed by atoms with Gasteiger partial charge in [-0.1, -0.05) is 0 Å². The van der Waals surface area contributed by atoms with Gasteiger partial charge in [-0.05, 0) is 6.92 Å². The van der Waals surface area contributed by atoms with Gasteiger partial charge < -0.3 is 10.1 Å². The van der Waals surface area contributed by atoms with E-state index in [0.717, 1.165) is 0 Å². The Bertz CT molecular complexity index is 118. The molecule has 1 fully saturated rings. The third kappa shape index (κ3) is 1.44. The molecule has 4 heteroatoms. The fraction of sp³-hybridized carbons (Fsp3) is 1.00. The maximum Gasteiger partial charge on any atom is 0.287 e. The second kappa shape index (κ2) is 2.80. The van der Waals surface area contributed by atoms with E-state index < -0.39 is 12.0 Å². The summed E-state index contributed by atoms with van der Waals surface area (Å²) in [4.78, 5) is 0. The lowest BCUT2D eigenvalue weighted by molar-refractivity contribution is -0.102. The molecule has 1 N–H and O–H groups in total. The molecule has 0 bridgehead atoms. The van der Waals surface area contributed by atoms with Gasteiger partial charge in [-0.2, -0.15) is 0 Å². The van der Waals surface area contributed by atoms with Gasteiger partial charge in [0.2, 0.25) is 0 Å². The van der Waals surface area contributed by atoms with Gasteiger partial charge in [-0.15, -0.1) is 0 Å². The van der Waals surface area contributed by atoms with Crippen LogP contribution in [0.1, 0.15) is 6.92 Å². The van der Waals surface area contributed by atoms with E-state index in [0.29, 0.717) is 6.61 Å². The summed E-state index contributed by atoms with van der Waals surface area (Å²) in [5, 5.41) is 2.57. The van der Waals surface area contributed by atoms with Gasteiger partial charge in [-0.25, -0.2) is 8.78 Å². The van der Waals surface area contributed by atoms with Gasteiger partial charge in [0.25, 0.3) is 5.92 Å². The van der Waals surface area contributed by atoms with Crippen molar-refractivity contribution in [2.45, 2.75) is 19.0 Å². The molecular formula is C6H11F2NO. The minimum atomic E-state index is -2.67. The Kier molecular flexibility index (Phi) is 2.21. The van der Waals surface area contributed by atoms with E-state index in [4.69, 9.17) is 4.74 Å². The van der Waals surface area contributed by atoms with Crippen molar-refractivity contribution in [2.75, 3.05) is 19.7 Å². The Labute approximate surface area is 58.6 Å². The maximum absolute atomic E-state index is 12.6. The van der Waals surface area contributed by atoms with Crippen molar-refractivity contribution >= 4 is 0 Å². The Morgan fingerprint density at radius 1 is 1.70 bits per heavy atom. The summed E-state index contributed by atoms with van der Waals surface area (Å²) in [6.07, 6.45) is -0.919. The van der Waals surface area contributed by atoms with Gasteiger partial charge in [0.05, 0.1) is 6.54 Å². The molecule has 1 rings (SSSR count). The predicted octanol–water partition coefficient (Wildman–Crippen LogP) is 0.630. The molecule has 1 atom stereocenters. The monoisotopic (exact) mass is 151 g/mol. The van der Waals surface area contributed by atoms with Gasteiger partial charge in [0, 0.05) is 13.2 Å². The van der Waals surface area contributed by atoms with Crippen molar-refractivity contribution in [1.82, 2.24) is 5.32 Å². The van der Waals surface area contributed by atoms with Crippen LogP contribution in [0, 0.1) is 0 Å². The summed E-state index contributed by atoms with van der Waals surface area (Å²) >= 11 is 0. The molecular weight excluding hydrogens is 140 g/mol. The van der Waals surface area contributed by atoms with Crippen molar-refractivity contribution in [3.8, 4) is 0 Å². The predicted molar refractivity (Wildman–Crippen MR) is 33.2 cm³/mol. The third-order valence-corrected chi connectivity index (χ3v) is 1.53. The van der Waals surface area contributed by atoms with Crippen LogP contribution in [-0.2, 0) is 4.74 Å². The molecule has 0 amide bonds. The molecule has 1 aliphatic heterocycles. The van der Waals surface area contributed by atoms with Crippen LogP contribution in [0.2, 0.25) is 0 Å². The summed E-state index contributed by atoms with van der Waals surface area (Å²) in [6.45, 7) is 2.08. The minimum absolute atomic E-state index is 0.252. The van der Waals surface area contributed by atoms with E-state index in [1.165, 1.54) is 0 Å². The molecule has 60 valence electrons. The second-order valence-electron chi connectivity index (χ2n) is 2.34. The molecule has 0 radical (unpaired) electrons. The SMILES string of the molecule is CCO[C@H]1CNCC1(F)F. The van der Waals surface area contributed by atoms with Crippen LogP contribution in [0.25, 0.3) is 0 Å². The van der Waals surface area contributed by atoms with Gasteiger partial charge in [0.15, 0.2) is 0 Å². The quantitative estimate of drug-likeness (QED) is 0.625. The first kappa shape index (κ1) is 7.88. The zero-order valence-corrected chi connectivity index (χ0v) is 5.86. The Morgan fingerprint density at radius 2 is 2.40 bits per heavy atom. The lowest BCUT2D eigenvalue weighted by Gasteiger charge is -2.16.